The molecule has 1 atom stereocenters. The third-order valence-corrected chi connectivity index (χ3v) is 4.42. The lowest BCUT2D eigenvalue weighted by Crippen LogP contribution is -2.28. The highest BCUT2D eigenvalue weighted by molar-refractivity contribution is 9.10. The van der Waals surface area contributed by atoms with E-state index in [1.165, 1.54) is 25.3 Å². The molecule has 2 aromatic carbocycles. The summed E-state index contributed by atoms with van der Waals surface area (Å²) >= 11 is 3.34. The Morgan fingerprint density at radius 1 is 1.26 bits per heavy atom. The Labute approximate surface area is 189 Å². The van der Waals surface area contributed by atoms with Crippen LogP contribution in [0.5, 0.6) is 17.2 Å². The van der Waals surface area contributed by atoms with Crippen LogP contribution in [0.4, 0.5) is 0 Å². The van der Waals surface area contributed by atoms with E-state index < -0.39 is 18.0 Å². The Kier molecular flexibility index (Phi) is 8.85. The predicted molar refractivity (Wildman–Crippen MR) is 120 cm³/mol. The van der Waals surface area contributed by atoms with E-state index >= 15 is 0 Å². The molecule has 160 valence electrons. The van der Waals surface area contributed by atoms with Gasteiger partial charge >= 0.3 is 5.97 Å². The predicted octanol–water partition coefficient (Wildman–Crippen LogP) is 4.04. The lowest BCUT2D eigenvalue weighted by molar-refractivity contribution is -0.141. The monoisotopic (exact) mass is 484 g/mol. The molecule has 0 saturated carbocycles. The number of amides is 1. The number of esters is 1. The zero-order valence-corrected chi connectivity index (χ0v) is 18.6. The average molecular weight is 485 g/mol. The molecule has 0 aromatic heterocycles. The number of benzene rings is 2. The quantitative estimate of drug-likeness (QED) is 0.189. The fourth-order valence-corrected chi connectivity index (χ4v) is 2.80. The molecule has 8 heteroatoms. The second kappa shape index (κ2) is 11.6. The summed E-state index contributed by atoms with van der Waals surface area (Å²) in [6, 6.07) is 13.6. The van der Waals surface area contributed by atoms with E-state index in [0.29, 0.717) is 11.3 Å². The van der Waals surface area contributed by atoms with Gasteiger partial charge in [-0.05, 0) is 48.9 Å². The van der Waals surface area contributed by atoms with Crippen LogP contribution in [0.15, 0.2) is 65.2 Å². The number of nitriles is 1. The molecule has 0 aliphatic heterocycles. The van der Waals surface area contributed by atoms with Gasteiger partial charge in [0.05, 0.1) is 7.11 Å². The molecule has 0 radical (unpaired) electrons. The molecule has 7 nitrogen and oxygen atoms in total. The standard InChI is InChI=1S/C23H21BrN2O5/c1-4-10-26-22(27)17(14-25)11-16-8-9-20(21(12-16)29-3)31-23(28)15(2)30-19-7-5-6-18(24)13-19/h4-9,11-13,15H,1,10H2,2-3H3,(H,26,27)/b17-11+. The van der Waals surface area contributed by atoms with Crippen LogP contribution in [0.3, 0.4) is 0 Å². The normalized spacial score (nSPS) is 11.6. The van der Waals surface area contributed by atoms with Crippen molar-refractivity contribution in [3.05, 3.63) is 70.7 Å². The summed E-state index contributed by atoms with van der Waals surface area (Å²) in [5.41, 5.74) is 0.449. The van der Waals surface area contributed by atoms with Gasteiger partial charge in [0.15, 0.2) is 17.6 Å². The van der Waals surface area contributed by atoms with Crippen molar-refractivity contribution in [2.24, 2.45) is 0 Å². The summed E-state index contributed by atoms with van der Waals surface area (Å²) in [7, 11) is 1.42. The first kappa shape index (κ1) is 23.7. The van der Waals surface area contributed by atoms with Crippen LogP contribution in [0, 0.1) is 11.3 Å². The number of nitrogens with one attached hydrogen (secondary N) is 1. The molecule has 0 aliphatic carbocycles. The molecule has 0 saturated heterocycles. The van der Waals surface area contributed by atoms with Crippen LogP contribution >= 0.6 is 15.9 Å². The minimum Gasteiger partial charge on any atom is -0.493 e. The van der Waals surface area contributed by atoms with Crippen LogP contribution in [0.1, 0.15) is 12.5 Å². The van der Waals surface area contributed by atoms with Gasteiger partial charge in [0, 0.05) is 11.0 Å². The molecule has 1 unspecified atom stereocenters. The van der Waals surface area contributed by atoms with Crippen LogP contribution in [-0.2, 0) is 9.59 Å². The molecule has 2 rings (SSSR count). The van der Waals surface area contributed by atoms with E-state index in [9.17, 15) is 14.9 Å². The van der Waals surface area contributed by atoms with Crippen molar-refractivity contribution in [2.75, 3.05) is 13.7 Å². The molecule has 0 aliphatic rings. The molecule has 0 bridgehead atoms. The van der Waals surface area contributed by atoms with Crippen molar-refractivity contribution in [2.45, 2.75) is 13.0 Å². The minimum atomic E-state index is -0.864. The van der Waals surface area contributed by atoms with E-state index in [-0.39, 0.29) is 23.6 Å². The molecule has 1 amide bonds. The van der Waals surface area contributed by atoms with Crippen LogP contribution in [-0.4, -0.2) is 31.6 Å². The van der Waals surface area contributed by atoms with Crippen molar-refractivity contribution < 1.29 is 23.8 Å². The van der Waals surface area contributed by atoms with Gasteiger partial charge in [-0.25, -0.2) is 4.79 Å². The summed E-state index contributed by atoms with van der Waals surface area (Å²) in [5.74, 6) is -0.159. The van der Waals surface area contributed by atoms with E-state index in [4.69, 9.17) is 14.2 Å². The van der Waals surface area contributed by atoms with Crippen molar-refractivity contribution in [1.29, 1.82) is 5.26 Å². The minimum absolute atomic E-state index is 0.0790. The average Bonchev–Trinajstić information content (AvgIpc) is 2.76. The molecule has 0 heterocycles. The van der Waals surface area contributed by atoms with Crippen LogP contribution in [0.2, 0.25) is 0 Å². The third-order valence-electron chi connectivity index (χ3n) is 3.92. The number of halogens is 1. The third kappa shape index (κ3) is 7.01. The lowest BCUT2D eigenvalue weighted by atomic mass is 10.1. The Hall–Kier alpha value is -3.57. The maximum Gasteiger partial charge on any atom is 0.352 e. The molecule has 2 aromatic rings. The summed E-state index contributed by atoms with van der Waals surface area (Å²) < 4.78 is 17.1. The van der Waals surface area contributed by atoms with Crippen molar-refractivity contribution >= 4 is 33.9 Å². The van der Waals surface area contributed by atoms with Crippen LogP contribution in [0.25, 0.3) is 6.08 Å². The van der Waals surface area contributed by atoms with Gasteiger partial charge in [-0.3, -0.25) is 4.79 Å². The van der Waals surface area contributed by atoms with E-state index in [2.05, 4.69) is 27.8 Å². The van der Waals surface area contributed by atoms with Crippen molar-refractivity contribution in [3.63, 3.8) is 0 Å². The largest absolute Gasteiger partial charge is 0.493 e. The SMILES string of the molecule is C=CCNC(=O)/C(C#N)=C/c1ccc(OC(=O)C(C)Oc2cccc(Br)c2)c(OC)c1. The lowest BCUT2D eigenvalue weighted by Gasteiger charge is -2.15. The first-order chi connectivity index (χ1) is 14.9. The van der Waals surface area contributed by atoms with Crippen molar-refractivity contribution in [3.8, 4) is 23.3 Å². The Bertz CT molecular complexity index is 1040. The van der Waals surface area contributed by atoms with Gasteiger partial charge in [-0.1, -0.05) is 34.1 Å². The fourth-order valence-electron chi connectivity index (χ4n) is 2.42. The number of methoxy groups -OCH3 is 1. The summed E-state index contributed by atoms with van der Waals surface area (Å²) in [4.78, 5) is 24.4. The highest BCUT2D eigenvalue weighted by atomic mass is 79.9. The Balaban J connectivity index is 2.14. The number of rotatable bonds is 9. The second-order valence-corrected chi connectivity index (χ2v) is 7.13. The maximum absolute atomic E-state index is 12.4. The van der Waals surface area contributed by atoms with Gasteiger partial charge in [-0.15, -0.1) is 6.58 Å². The smallest absolute Gasteiger partial charge is 0.352 e. The number of hydrogen-bond acceptors (Lipinski definition) is 6. The highest BCUT2D eigenvalue weighted by Gasteiger charge is 2.20. The molecule has 0 spiro atoms. The Morgan fingerprint density at radius 3 is 2.68 bits per heavy atom. The topological polar surface area (TPSA) is 97.7 Å². The zero-order chi connectivity index (χ0) is 22.8. The maximum atomic E-state index is 12.4. The fraction of sp³-hybridized carbons (Fsp3) is 0.174. The van der Waals surface area contributed by atoms with Crippen molar-refractivity contribution in [1.82, 2.24) is 5.32 Å². The van der Waals surface area contributed by atoms with Gasteiger partial charge < -0.3 is 19.5 Å². The van der Waals surface area contributed by atoms with E-state index in [0.717, 1.165) is 4.47 Å². The number of carbonyl (C=O) groups excluding carboxylic acids is 2. The highest BCUT2D eigenvalue weighted by Crippen LogP contribution is 2.29. The number of carbonyl (C=O) groups is 2. The summed E-state index contributed by atoms with van der Waals surface area (Å²) in [5, 5.41) is 11.8. The molecule has 31 heavy (non-hydrogen) atoms. The first-order valence-corrected chi connectivity index (χ1v) is 10.00. The second-order valence-electron chi connectivity index (χ2n) is 6.22. The van der Waals surface area contributed by atoms with E-state index in [1.54, 1.807) is 37.3 Å². The van der Waals surface area contributed by atoms with Gasteiger partial charge in [0.2, 0.25) is 0 Å². The van der Waals surface area contributed by atoms with Crippen LogP contribution < -0.4 is 19.5 Å². The number of ether oxygens (including phenoxy) is 3. The van der Waals surface area contributed by atoms with Gasteiger partial charge in [-0.2, -0.15) is 5.26 Å². The Morgan fingerprint density at radius 2 is 2.03 bits per heavy atom. The zero-order valence-electron chi connectivity index (χ0n) is 17.1. The van der Waals surface area contributed by atoms with E-state index in [1.807, 2.05) is 12.1 Å². The number of nitrogens with zero attached hydrogens (tertiary/aromatic N) is 1. The summed E-state index contributed by atoms with van der Waals surface area (Å²) in [6.45, 7) is 5.33. The first-order valence-electron chi connectivity index (χ1n) is 9.20. The molecule has 1 N–H and O–H groups in total. The molecular weight excluding hydrogens is 464 g/mol. The summed E-state index contributed by atoms with van der Waals surface area (Å²) in [6.07, 6.45) is 2.06. The van der Waals surface area contributed by atoms with Gasteiger partial charge in [0.1, 0.15) is 17.4 Å². The molecular formula is C23H21BrN2O5. The number of hydrogen-bond donors (Lipinski definition) is 1. The van der Waals surface area contributed by atoms with Gasteiger partial charge in [0.25, 0.3) is 5.91 Å². The molecule has 0 fully saturated rings.